The lowest BCUT2D eigenvalue weighted by Crippen LogP contribution is -2.08. The van der Waals surface area contributed by atoms with Crippen LogP contribution in [-0.2, 0) is 0 Å². The van der Waals surface area contributed by atoms with Crippen LogP contribution < -0.4 is 4.74 Å². The lowest BCUT2D eigenvalue weighted by atomic mass is 10.2. The fourth-order valence-corrected chi connectivity index (χ4v) is 1.58. The zero-order valence-electron chi connectivity index (χ0n) is 8.69. The van der Waals surface area contributed by atoms with Crippen LogP contribution >= 0.6 is 23.2 Å². The summed E-state index contributed by atoms with van der Waals surface area (Å²) >= 11 is 11.6. The SMILES string of the molecule is O=C(Oc1ccccc1)c1ccc(Cl)c(Cl)c1. The average Bonchev–Trinajstić information content (AvgIpc) is 2.34. The normalized spacial score (nSPS) is 10.0. The van der Waals surface area contributed by atoms with Gasteiger partial charge in [-0.05, 0) is 30.3 Å². The van der Waals surface area contributed by atoms with Crippen LogP contribution in [-0.4, -0.2) is 5.97 Å². The molecule has 2 rings (SSSR count). The van der Waals surface area contributed by atoms with Gasteiger partial charge in [-0.1, -0.05) is 41.4 Å². The summed E-state index contributed by atoms with van der Waals surface area (Å²) in [6, 6.07) is 13.4. The van der Waals surface area contributed by atoms with Crippen molar-refractivity contribution in [2.75, 3.05) is 0 Å². The number of esters is 1. The second-order valence-corrected chi connectivity index (χ2v) is 4.15. The molecule has 0 radical (unpaired) electrons. The standard InChI is InChI=1S/C13H8Cl2O2/c14-11-7-6-9(8-12(11)15)13(16)17-10-4-2-1-3-5-10/h1-8H. The molecule has 2 aromatic rings. The molecular weight excluding hydrogens is 259 g/mol. The van der Waals surface area contributed by atoms with Crippen LogP contribution in [0, 0.1) is 0 Å². The maximum absolute atomic E-state index is 11.8. The third-order valence-electron chi connectivity index (χ3n) is 2.11. The molecule has 0 aliphatic heterocycles. The second kappa shape index (κ2) is 5.21. The van der Waals surface area contributed by atoms with Gasteiger partial charge in [-0.2, -0.15) is 0 Å². The first-order chi connectivity index (χ1) is 8.16. The number of hydrogen-bond acceptors (Lipinski definition) is 2. The third-order valence-corrected chi connectivity index (χ3v) is 2.85. The summed E-state index contributed by atoms with van der Waals surface area (Å²) < 4.78 is 5.15. The molecular formula is C13H8Cl2O2. The molecule has 0 aliphatic carbocycles. The summed E-state index contributed by atoms with van der Waals surface area (Å²) in [5.74, 6) is 0.0262. The molecule has 0 bridgehead atoms. The first-order valence-corrected chi connectivity index (χ1v) is 5.64. The van der Waals surface area contributed by atoms with Crippen LogP contribution in [0.4, 0.5) is 0 Å². The van der Waals surface area contributed by atoms with E-state index >= 15 is 0 Å². The van der Waals surface area contributed by atoms with Crippen LogP contribution in [0.3, 0.4) is 0 Å². The van der Waals surface area contributed by atoms with Crippen LogP contribution in [0.25, 0.3) is 0 Å². The molecule has 0 heterocycles. The second-order valence-electron chi connectivity index (χ2n) is 3.33. The van der Waals surface area contributed by atoms with Crippen molar-refractivity contribution in [1.29, 1.82) is 0 Å². The highest BCUT2D eigenvalue weighted by Gasteiger charge is 2.10. The molecule has 0 atom stereocenters. The lowest BCUT2D eigenvalue weighted by Gasteiger charge is -2.04. The number of carbonyl (C=O) groups excluding carboxylic acids is 1. The smallest absolute Gasteiger partial charge is 0.343 e. The molecule has 0 aromatic heterocycles. The Balaban J connectivity index is 2.18. The van der Waals surface area contributed by atoms with Gasteiger partial charge in [0, 0.05) is 0 Å². The van der Waals surface area contributed by atoms with Crippen molar-refractivity contribution in [3.05, 3.63) is 64.1 Å². The van der Waals surface area contributed by atoms with Crippen molar-refractivity contribution in [1.82, 2.24) is 0 Å². The summed E-state index contributed by atoms with van der Waals surface area (Å²) in [5, 5.41) is 0.733. The van der Waals surface area contributed by atoms with Crippen LogP contribution in [0.1, 0.15) is 10.4 Å². The third kappa shape index (κ3) is 2.99. The predicted molar refractivity (Wildman–Crippen MR) is 67.9 cm³/mol. The van der Waals surface area contributed by atoms with Gasteiger partial charge >= 0.3 is 5.97 Å². The van der Waals surface area contributed by atoms with Gasteiger partial charge in [0.2, 0.25) is 0 Å². The minimum atomic E-state index is -0.463. The highest BCUT2D eigenvalue weighted by molar-refractivity contribution is 6.42. The molecule has 17 heavy (non-hydrogen) atoms. The zero-order valence-corrected chi connectivity index (χ0v) is 10.2. The van der Waals surface area contributed by atoms with Crippen LogP contribution in [0.2, 0.25) is 10.0 Å². The van der Waals surface area contributed by atoms with Gasteiger partial charge in [0.05, 0.1) is 15.6 Å². The van der Waals surface area contributed by atoms with E-state index in [1.54, 1.807) is 36.4 Å². The molecule has 0 fully saturated rings. The van der Waals surface area contributed by atoms with Crippen molar-refractivity contribution >= 4 is 29.2 Å². The topological polar surface area (TPSA) is 26.3 Å². The summed E-state index contributed by atoms with van der Waals surface area (Å²) in [6.45, 7) is 0. The fraction of sp³-hybridized carbons (Fsp3) is 0. The lowest BCUT2D eigenvalue weighted by molar-refractivity contribution is 0.0735. The van der Waals surface area contributed by atoms with Gasteiger partial charge in [0.25, 0.3) is 0 Å². The molecule has 86 valence electrons. The monoisotopic (exact) mass is 266 g/mol. The molecule has 0 saturated heterocycles. The molecule has 2 aromatic carbocycles. The Bertz CT molecular complexity index is 538. The Morgan fingerprint density at radius 1 is 0.941 bits per heavy atom. The van der Waals surface area contributed by atoms with Gasteiger partial charge in [0.15, 0.2) is 0 Å². The quantitative estimate of drug-likeness (QED) is 0.601. The number of para-hydroxylation sites is 1. The van der Waals surface area contributed by atoms with E-state index in [1.807, 2.05) is 6.07 Å². The van der Waals surface area contributed by atoms with Crippen molar-refractivity contribution in [2.45, 2.75) is 0 Å². The molecule has 4 heteroatoms. The Morgan fingerprint density at radius 2 is 1.65 bits per heavy atom. The van der Waals surface area contributed by atoms with Gasteiger partial charge in [0.1, 0.15) is 5.75 Å². The van der Waals surface area contributed by atoms with Gasteiger partial charge in [-0.3, -0.25) is 0 Å². The van der Waals surface area contributed by atoms with Crippen molar-refractivity contribution in [3.8, 4) is 5.75 Å². The summed E-state index contributed by atoms with van der Waals surface area (Å²) in [5.41, 5.74) is 0.364. The Kier molecular flexibility index (Phi) is 3.67. The average molecular weight is 267 g/mol. The molecule has 0 spiro atoms. The van der Waals surface area contributed by atoms with E-state index in [4.69, 9.17) is 27.9 Å². The van der Waals surface area contributed by atoms with Crippen molar-refractivity contribution < 1.29 is 9.53 Å². The van der Waals surface area contributed by atoms with E-state index in [9.17, 15) is 4.79 Å². The number of carbonyl (C=O) groups is 1. The van der Waals surface area contributed by atoms with E-state index in [-0.39, 0.29) is 0 Å². The zero-order chi connectivity index (χ0) is 12.3. The minimum absolute atomic E-state index is 0.328. The first-order valence-electron chi connectivity index (χ1n) is 4.89. The van der Waals surface area contributed by atoms with E-state index in [2.05, 4.69) is 0 Å². The molecule has 0 unspecified atom stereocenters. The molecule has 0 saturated carbocycles. The van der Waals surface area contributed by atoms with Crippen molar-refractivity contribution in [2.24, 2.45) is 0 Å². The predicted octanol–water partition coefficient (Wildman–Crippen LogP) is 4.21. The van der Waals surface area contributed by atoms with Gasteiger partial charge < -0.3 is 4.74 Å². The highest BCUT2D eigenvalue weighted by atomic mass is 35.5. The van der Waals surface area contributed by atoms with E-state index in [0.29, 0.717) is 21.4 Å². The maximum Gasteiger partial charge on any atom is 0.343 e. The number of benzene rings is 2. The van der Waals surface area contributed by atoms with Crippen molar-refractivity contribution in [3.63, 3.8) is 0 Å². The number of ether oxygens (including phenoxy) is 1. The van der Waals surface area contributed by atoms with E-state index in [1.165, 1.54) is 6.07 Å². The van der Waals surface area contributed by atoms with Gasteiger partial charge in [-0.25, -0.2) is 4.79 Å². The Hall–Kier alpha value is -1.51. The largest absolute Gasteiger partial charge is 0.423 e. The van der Waals surface area contributed by atoms with E-state index < -0.39 is 5.97 Å². The van der Waals surface area contributed by atoms with Gasteiger partial charge in [-0.15, -0.1) is 0 Å². The molecule has 0 aliphatic rings. The fourth-order valence-electron chi connectivity index (χ4n) is 1.28. The minimum Gasteiger partial charge on any atom is -0.423 e. The number of halogens is 2. The first kappa shape index (κ1) is 12.0. The Morgan fingerprint density at radius 3 is 2.29 bits per heavy atom. The van der Waals surface area contributed by atoms with Crippen LogP contribution in [0.15, 0.2) is 48.5 Å². The molecule has 0 N–H and O–H groups in total. The molecule has 2 nitrogen and oxygen atoms in total. The summed E-state index contributed by atoms with van der Waals surface area (Å²) in [7, 11) is 0. The number of hydrogen-bond donors (Lipinski definition) is 0. The highest BCUT2D eigenvalue weighted by Crippen LogP contribution is 2.23. The summed E-state index contributed by atoms with van der Waals surface area (Å²) in [6.07, 6.45) is 0. The Labute approximate surface area is 109 Å². The molecule has 0 amide bonds. The maximum atomic E-state index is 11.8. The summed E-state index contributed by atoms with van der Waals surface area (Å²) in [4.78, 5) is 11.8. The van der Waals surface area contributed by atoms with E-state index in [0.717, 1.165) is 0 Å². The van der Waals surface area contributed by atoms with Crippen LogP contribution in [0.5, 0.6) is 5.75 Å². The number of rotatable bonds is 2.